The lowest BCUT2D eigenvalue weighted by Crippen LogP contribution is -2.52. The van der Waals surface area contributed by atoms with E-state index < -0.39 is 0 Å². The zero-order valence-electron chi connectivity index (χ0n) is 14.0. The molecule has 0 radical (unpaired) electrons. The molecule has 1 atom stereocenters. The minimum atomic E-state index is -0.0128. The number of hydrogen-bond donors (Lipinski definition) is 0. The number of hydrogen-bond acceptors (Lipinski definition) is 3. The van der Waals surface area contributed by atoms with Gasteiger partial charge in [0.1, 0.15) is 0 Å². The number of carbonyl (C=O) groups is 1. The summed E-state index contributed by atoms with van der Waals surface area (Å²) in [4.78, 5) is 19.7. The average Bonchev–Trinajstić information content (AvgIpc) is 3.06. The Balaban J connectivity index is 1.85. The molecule has 1 unspecified atom stereocenters. The molecule has 1 saturated heterocycles. The number of para-hydroxylation sites is 2. The summed E-state index contributed by atoms with van der Waals surface area (Å²) in [6.07, 6.45) is 2.44. The maximum absolute atomic E-state index is 13.0. The summed E-state index contributed by atoms with van der Waals surface area (Å²) in [6, 6.07) is 8.75. The van der Waals surface area contributed by atoms with Crippen molar-refractivity contribution in [3.8, 4) is 0 Å². The second-order valence-corrected chi connectivity index (χ2v) is 6.68. The van der Waals surface area contributed by atoms with Crippen molar-refractivity contribution in [2.75, 3.05) is 36.0 Å². The quantitative estimate of drug-likeness (QED) is 0.859. The van der Waals surface area contributed by atoms with Crippen molar-refractivity contribution in [3.05, 3.63) is 24.3 Å². The Morgan fingerprint density at radius 3 is 2.23 bits per heavy atom. The summed E-state index contributed by atoms with van der Waals surface area (Å²) in [7, 11) is 0. The van der Waals surface area contributed by atoms with Gasteiger partial charge in [-0.15, -0.1) is 0 Å². The van der Waals surface area contributed by atoms with Crippen LogP contribution < -0.4 is 9.80 Å². The molecule has 0 aromatic heterocycles. The SMILES string of the molecule is CC(C(=O)N1CCN(C(C)C)c2ccccc21)N1CCCC1. The Hall–Kier alpha value is -1.55. The Kier molecular flexibility index (Phi) is 4.39. The molecule has 0 bridgehead atoms. The Morgan fingerprint density at radius 2 is 1.59 bits per heavy atom. The van der Waals surface area contributed by atoms with E-state index in [1.54, 1.807) is 0 Å². The predicted molar refractivity (Wildman–Crippen MR) is 91.5 cm³/mol. The highest BCUT2D eigenvalue weighted by atomic mass is 16.2. The van der Waals surface area contributed by atoms with E-state index in [0.29, 0.717) is 6.04 Å². The molecular formula is C18H27N3O. The molecule has 2 heterocycles. The summed E-state index contributed by atoms with van der Waals surface area (Å²) in [5.41, 5.74) is 2.25. The van der Waals surface area contributed by atoms with Gasteiger partial charge in [-0.1, -0.05) is 12.1 Å². The van der Waals surface area contributed by atoms with E-state index >= 15 is 0 Å². The van der Waals surface area contributed by atoms with Gasteiger partial charge in [-0.05, 0) is 58.8 Å². The first-order valence-electron chi connectivity index (χ1n) is 8.50. The first-order chi connectivity index (χ1) is 10.6. The third kappa shape index (κ3) is 2.72. The van der Waals surface area contributed by atoms with E-state index in [4.69, 9.17) is 0 Å². The van der Waals surface area contributed by atoms with Crippen LogP contribution in [0.2, 0.25) is 0 Å². The fourth-order valence-corrected chi connectivity index (χ4v) is 3.66. The summed E-state index contributed by atoms with van der Waals surface area (Å²) in [5.74, 6) is 0.248. The van der Waals surface area contributed by atoms with E-state index in [1.165, 1.54) is 18.5 Å². The van der Waals surface area contributed by atoms with Gasteiger partial charge in [-0.2, -0.15) is 0 Å². The van der Waals surface area contributed by atoms with Crippen LogP contribution >= 0.6 is 0 Å². The molecule has 1 fully saturated rings. The Morgan fingerprint density at radius 1 is 0.955 bits per heavy atom. The molecule has 2 aliphatic rings. The molecule has 22 heavy (non-hydrogen) atoms. The topological polar surface area (TPSA) is 26.8 Å². The van der Waals surface area contributed by atoms with Gasteiger partial charge in [-0.25, -0.2) is 0 Å². The van der Waals surface area contributed by atoms with E-state index in [0.717, 1.165) is 31.9 Å². The molecule has 0 aliphatic carbocycles. The van der Waals surface area contributed by atoms with Gasteiger partial charge in [0.25, 0.3) is 0 Å². The molecule has 3 rings (SSSR count). The van der Waals surface area contributed by atoms with Crippen LogP contribution in [-0.2, 0) is 4.79 Å². The highest BCUT2D eigenvalue weighted by Gasteiger charge is 2.33. The molecule has 1 amide bonds. The van der Waals surface area contributed by atoms with Gasteiger partial charge in [0.2, 0.25) is 5.91 Å². The van der Waals surface area contributed by atoms with Gasteiger partial charge in [-0.3, -0.25) is 9.69 Å². The Labute approximate surface area is 133 Å². The second kappa shape index (κ2) is 6.29. The van der Waals surface area contributed by atoms with Crippen molar-refractivity contribution in [1.29, 1.82) is 0 Å². The van der Waals surface area contributed by atoms with Crippen LogP contribution in [0.3, 0.4) is 0 Å². The lowest BCUT2D eigenvalue weighted by Gasteiger charge is -2.41. The standard InChI is InChI=1S/C18H27N3O/c1-14(2)20-12-13-21(17-9-5-4-8-16(17)20)18(22)15(3)19-10-6-7-11-19/h4-5,8-9,14-15H,6-7,10-13H2,1-3H3. The highest BCUT2D eigenvalue weighted by molar-refractivity contribution is 6.00. The summed E-state index contributed by atoms with van der Waals surface area (Å²) in [5, 5.41) is 0. The van der Waals surface area contributed by atoms with Crippen molar-refractivity contribution in [2.24, 2.45) is 0 Å². The first-order valence-corrected chi connectivity index (χ1v) is 8.50. The van der Waals surface area contributed by atoms with Gasteiger partial charge in [0.05, 0.1) is 17.4 Å². The molecule has 1 aromatic rings. The molecule has 0 N–H and O–H groups in total. The van der Waals surface area contributed by atoms with Crippen molar-refractivity contribution < 1.29 is 4.79 Å². The highest BCUT2D eigenvalue weighted by Crippen LogP contribution is 2.34. The number of anilines is 2. The normalized spacial score (nSPS) is 20.4. The number of carbonyl (C=O) groups excluding carboxylic acids is 1. The number of amides is 1. The molecule has 4 heteroatoms. The van der Waals surface area contributed by atoms with Crippen molar-refractivity contribution in [2.45, 2.75) is 45.7 Å². The fourth-order valence-electron chi connectivity index (χ4n) is 3.66. The van der Waals surface area contributed by atoms with E-state index in [9.17, 15) is 4.79 Å². The minimum Gasteiger partial charge on any atom is -0.366 e. The third-order valence-electron chi connectivity index (χ3n) is 4.98. The number of benzene rings is 1. The van der Waals surface area contributed by atoms with Gasteiger partial charge in [0, 0.05) is 19.1 Å². The largest absolute Gasteiger partial charge is 0.366 e. The smallest absolute Gasteiger partial charge is 0.244 e. The van der Waals surface area contributed by atoms with Crippen LogP contribution in [0.25, 0.3) is 0 Å². The number of nitrogens with zero attached hydrogens (tertiary/aromatic N) is 3. The number of likely N-dealkylation sites (tertiary alicyclic amines) is 1. The number of rotatable bonds is 3. The van der Waals surface area contributed by atoms with E-state index in [-0.39, 0.29) is 11.9 Å². The van der Waals surface area contributed by atoms with Gasteiger partial charge >= 0.3 is 0 Å². The Bertz CT molecular complexity index is 537. The lowest BCUT2D eigenvalue weighted by molar-refractivity contribution is -0.122. The molecule has 0 saturated carbocycles. The summed E-state index contributed by atoms with van der Waals surface area (Å²) < 4.78 is 0. The maximum atomic E-state index is 13.0. The molecule has 1 aromatic carbocycles. The first kappa shape index (κ1) is 15.3. The zero-order valence-corrected chi connectivity index (χ0v) is 14.0. The number of fused-ring (bicyclic) bond motifs is 1. The van der Waals surface area contributed by atoms with Crippen molar-refractivity contribution in [3.63, 3.8) is 0 Å². The third-order valence-corrected chi connectivity index (χ3v) is 4.98. The van der Waals surface area contributed by atoms with Crippen molar-refractivity contribution >= 4 is 17.3 Å². The molecule has 4 nitrogen and oxygen atoms in total. The van der Waals surface area contributed by atoms with Crippen LogP contribution in [-0.4, -0.2) is 49.1 Å². The summed E-state index contributed by atoms with van der Waals surface area (Å²) >= 11 is 0. The van der Waals surface area contributed by atoms with Crippen molar-refractivity contribution in [1.82, 2.24) is 4.90 Å². The van der Waals surface area contributed by atoms with Crippen LogP contribution in [0.1, 0.15) is 33.6 Å². The van der Waals surface area contributed by atoms with Crippen LogP contribution in [0.15, 0.2) is 24.3 Å². The van der Waals surface area contributed by atoms with Crippen LogP contribution in [0.4, 0.5) is 11.4 Å². The molecule has 0 spiro atoms. The van der Waals surface area contributed by atoms with E-state index in [2.05, 4.69) is 48.8 Å². The fraction of sp³-hybridized carbons (Fsp3) is 0.611. The van der Waals surface area contributed by atoms with Gasteiger partial charge < -0.3 is 9.80 Å². The van der Waals surface area contributed by atoms with Crippen LogP contribution in [0.5, 0.6) is 0 Å². The minimum absolute atomic E-state index is 0.0128. The molecular weight excluding hydrogens is 274 g/mol. The monoisotopic (exact) mass is 301 g/mol. The van der Waals surface area contributed by atoms with Gasteiger partial charge in [0.15, 0.2) is 0 Å². The molecule has 2 aliphatic heterocycles. The molecule has 120 valence electrons. The summed E-state index contributed by atoms with van der Waals surface area (Å²) in [6.45, 7) is 10.3. The van der Waals surface area contributed by atoms with Crippen LogP contribution in [0, 0.1) is 0 Å². The van der Waals surface area contributed by atoms with E-state index in [1.807, 2.05) is 11.0 Å². The average molecular weight is 301 g/mol. The predicted octanol–water partition coefficient (Wildman–Crippen LogP) is 2.73. The zero-order chi connectivity index (χ0) is 15.7. The second-order valence-electron chi connectivity index (χ2n) is 6.68. The lowest BCUT2D eigenvalue weighted by atomic mass is 10.1. The maximum Gasteiger partial charge on any atom is 0.244 e.